The Morgan fingerprint density at radius 2 is 2.25 bits per heavy atom. The SMILES string of the molecule is CCCC1CCCCN1c1cc(C)ccc1/C(N)=N/O. The summed E-state index contributed by atoms with van der Waals surface area (Å²) in [4.78, 5) is 2.45. The third kappa shape index (κ3) is 3.06. The fourth-order valence-electron chi connectivity index (χ4n) is 3.10. The number of piperidine rings is 1. The van der Waals surface area contributed by atoms with Crippen LogP contribution in [0, 0.1) is 6.92 Å². The van der Waals surface area contributed by atoms with Crippen molar-refractivity contribution >= 4 is 11.5 Å². The molecule has 1 unspecified atom stereocenters. The van der Waals surface area contributed by atoms with Crippen LogP contribution in [0.2, 0.25) is 0 Å². The van der Waals surface area contributed by atoms with Crippen LogP contribution in [0.3, 0.4) is 0 Å². The van der Waals surface area contributed by atoms with E-state index in [1.165, 1.54) is 37.7 Å². The van der Waals surface area contributed by atoms with Crippen LogP contribution < -0.4 is 10.6 Å². The van der Waals surface area contributed by atoms with Crippen molar-refractivity contribution in [3.63, 3.8) is 0 Å². The highest BCUT2D eigenvalue weighted by molar-refractivity contribution is 6.02. The minimum Gasteiger partial charge on any atom is -0.409 e. The molecule has 2 rings (SSSR count). The molecule has 110 valence electrons. The van der Waals surface area contributed by atoms with Gasteiger partial charge >= 0.3 is 0 Å². The van der Waals surface area contributed by atoms with E-state index in [4.69, 9.17) is 10.9 Å². The Kier molecular flexibility index (Phi) is 4.88. The minimum atomic E-state index is 0.195. The van der Waals surface area contributed by atoms with Gasteiger partial charge < -0.3 is 15.8 Å². The zero-order valence-electron chi connectivity index (χ0n) is 12.5. The molecule has 3 N–H and O–H groups in total. The van der Waals surface area contributed by atoms with Crippen molar-refractivity contribution in [1.29, 1.82) is 0 Å². The maximum atomic E-state index is 8.99. The molecule has 1 saturated heterocycles. The van der Waals surface area contributed by atoms with Crippen molar-refractivity contribution in [3.05, 3.63) is 29.3 Å². The molecule has 0 aromatic heterocycles. The number of hydrogen-bond acceptors (Lipinski definition) is 3. The topological polar surface area (TPSA) is 61.8 Å². The summed E-state index contributed by atoms with van der Waals surface area (Å²) in [6.07, 6.45) is 6.13. The molecule has 1 aromatic rings. The average Bonchev–Trinajstić information content (AvgIpc) is 2.47. The first-order chi connectivity index (χ1) is 9.67. The van der Waals surface area contributed by atoms with Gasteiger partial charge in [0.25, 0.3) is 0 Å². The molecule has 1 aliphatic rings. The fraction of sp³-hybridized carbons (Fsp3) is 0.562. The lowest BCUT2D eigenvalue weighted by Gasteiger charge is -2.38. The van der Waals surface area contributed by atoms with Crippen LogP contribution in [0.4, 0.5) is 5.69 Å². The van der Waals surface area contributed by atoms with Crippen LogP contribution in [0.25, 0.3) is 0 Å². The number of hydrogen-bond donors (Lipinski definition) is 2. The number of rotatable bonds is 4. The molecule has 0 saturated carbocycles. The molecule has 4 heteroatoms. The van der Waals surface area contributed by atoms with E-state index in [9.17, 15) is 0 Å². The highest BCUT2D eigenvalue weighted by Crippen LogP contribution is 2.30. The molecular weight excluding hydrogens is 250 g/mol. The van der Waals surface area contributed by atoms with Gasteiger partial charge in [0.05, 0.1) is 0 Å². The zero-order valence-corrected chi connectivity index (χ0v) is 12.5. The average molecular weight is 275 g/mol. The molecular formula is C16H25N3O. The molecule has 1 heterocycles. The Labute approximate surface area is 121 Å². The molecule has 4 nitrogen and oxygen atoms in total. The van der Waals surface area contributed by atoms with Crippen molar-refractivity contribution < 1.29 is 5.21 Å². The van der Waals surface area contributed by atoms with Crippen LogP contribution in [-0.4, -0.2) is 23.6 Å². The number of anilines is 1. The van der Waals surface area contributed by atoms with Gasteiger partial charge in [0.1, 0.15) is 0 Å². The Balaban J connectivity index is 2.40. The molecule has 1 aliphatic heterocycles. The highest BCUT2D eigenvalue weighted by Gasteiger charge is 2.24. The second kappa shape index (κ2) is 6.64. The quantitative estimate of drug-likeness (QED) is 0.384. The third-order valence-electron chi connectivity index (χ3n) is 4.10. The lowest BCUT2D eigenvalue weighted by molar-refractivity contribution is 0.318. The van der Waals surface area contributed by atoms with E-state index in [0.29, 0.717) is 6.04 Å². The number of oxime groups is 1. The number of aryl methyl sites for hydroxylation is 1. The van der Waals surface area contributed by atoms with Gasteiger partial charge in [-0.3, -0.25) is 0 Å². The summed E-state index contributed by atoms with van der Waals surface area (Å²) >= 11 is 0. The van der Waals surface area contributed by atoms with E-state index >= 15 is 0 Å². The minimum absolute atomic E-state index is 0.195. The van der Waals surface area contributed by atoms with Gasteiger partial charge in [-0.2, -0.15) is 0 Å². The smallest absolute Gasteiger partial charge is 0.172 e. The van der Waals surface area contributed by atoms with E-state index in [2.05, 4.69) is 30.0 Å². The van der Waals surface area contributed by atoms with Crippen LogP contribution in [0.5, 0.6) is 0 Å². The summed E-state index contributed by atoms with van der Waals surface area (Å²) in [6, 6.07) is 6.69. The zero-order chi connectivity index (χ0) is 14.5. The third-order valence-corrected chi connectivity index (χ3v) is 4.10. The Bertz CT molecular complexity index is 483. The van der Waals surface area contributed by atoms with Gasteiger partial charge in [-0.05, 0) is 50.3 Å². The van der Waals surface area contributed by atoms with Gasteiger partial charge in [0.15, 0.2) is 5.84 Å². The van der Waals surface area contributed by atoms with Crippen molar-refractivity contribution in [2.24, 2.45) is 10.9 Å². The van der Waals surface area contributed by atoms with Crippen molar-refractivity contribution in [1.82, 2.24) is 0 Å². The van der Waals surface area contributed by atoms with Gasteiger partial charge in [0.2, 0.25) is 0 Å². The van der Waals surface area contributed by atoms with Crippen LogP contribution in [-0.2, 0) is 0 Å². The van der Waals surface area contributed by atoms with Gasteiger partial charge in [-0.1, -0.05) is 24.6 Å². The molecule has 0 spiro atoms. The summed E-state index contributed by atoms with van der Waals surface area (Å²) in [5.41, 5.74) is 8.99. The Hall–Kier alpha value is -1.71. The Morgan fingerprint density at radius 1 is 1.45 bits per heavy atom. The van der Waals surface area contributed by atoms with E-state index in [-0.39, 0.29) is 5.84 Å². The van der Waals surface area contributed by atoms with E-state index < -0.39 is 0 Å². The second-order valence-electron chi connectivity index (χ2n) is 5.64. The molecule has 0 aliphatic carbocycles. The van der Waals surface area contributed by atoms with Crippen molar-refractivity contribution in [2.75, 3.05) is 11.4 Å². The van der Waals surface area contributed by atoms with Crippen molar-refractivity contribution in [2.45, 2.75) is 52.0 Å². The van der Waals surface area contributed by atoms with Crippen LogP contribution in [0.15, 0.2) is 23.4 Å². The molecule has 20 heavy (non-hydrogen) atoms. The largest absolute Gasteiger partial charge is 0.409 e. The number of nitrogens with two attached hydrogens (primary N) is 1. The van der Waals surface area contributed by atoms with Crippen LogP contribution >= 0.6 is 0 Å². The molecule has 1 fully saturated rings. The molecule has 0 bridgehead atoms. The predicted molar refractivity (Wildman–Crippen MR) is 83.6 cm³/mol. The Morgan fingerprint density at radius 3 is 2.95 bits per heavy atom. The van der Waals surface area contributed by atoms with E-state index in [1.807, 2.05) is 12.1 Å². The standard InChI is InChI=1S/C16H25N3O/c1-3-6-13-7-4-5-10-19(13)15-11-12(2)8-9-14(15)16(17)18-20/h8-9,11,13,20H,3-7,10H2,1-2H3,(H2,17,18). The molecule has 1 aromatic carbocycles. The monoisotopic (exact) mass is 275 g/mol. The van der Waals surface area contributed by atoms with Gasteiger partial charge in [0, 0.05) is 23.8 Å². The molecule has 0 radical (unpaired) electrons. The number of benzene rings is 1. The lowest BCUT2D eigenvalue weighted by atomic mass is 9.95. The van der Waals surface area contributed by atoms with Gasteiger partial charge in [-0.25, -0.2) is 0 Å². The second-order valence-corrected chi connectivity index (χ2v) is 5.64. The first-order valence-electron chi connectivity index (χ1n) is 7.52. The summed E-state index contributed by atoms with van der Waals surface area (Å²) in [7, 11) is 0. The first kappa shape index (κ1) is 14.7. The fourth-order valence-corrected chi connectivity index (χ4v) is 3.10. The summed E-state index contributed by atoms with van der Waals surface area (Å²) in [5, 5.41) is 12.2. The maximum Gasteiger partial charge on any atom is 0.172 e. The number of amidine groups is 1. The summed E-state index contributed by atoms with van der Waals surface area (Å²) < 4.78 is 0. The molecule has 1 atom stereocenters. The van der Waals surface area contributed by atoms with Gasteiger partial charge in [-0.15, -0.1) is 0 Å². The van der Waals surface area contributed by atoms with Crippen LogP contribution in [0.1, 0.15) is 50.2 Å². The normalized spacial score (nSPS) is 20.2. The highest BCUT2D eigenvalue weighted by atomic mass is 16.4. The lowest BCUT2D eigenvalue weighted by Crippen LogP contribution is -2.40. The van der Waals surface area contributed by atoms with E-state index in [1.54, 1.807) is 0 Å². The van der Waals surface area contributed by atoms with Crippen molar-refractivity contribution in [3.8, 4) is 0 Å². The maximum absolute atomic E-state index is 8.99. The summed E-state index contributed by atoms with van der Waals surface area (Å²) in [5.74, 6) is 0.195. The number of nitrogens with zero attached hydrogens (tertiary/aromatic N) is 2. The predicted octanol–water partition coefficient (Wildman–Crippen LogP) is 3.25. The molecule has 0 amide bonds. The summed E-state index contributed by atoms with van der Waals surface area (Å²) in [6.45, 7) is 5.37. The first-order valence-corrected chi connectivity index (χ1v) is 7.52. The van der Waals surface area contributed by atoms with E-state index in [0.717, 1.165) is 17.8 Å².